The van der Waals surface area contributed by atoms with E-state index in [2.05, 4.69) is 252 Å². The Labute approximate surface area is 356 Å². The van der Waals surface area contributed by atoms with E-state index < -0.39 is 5.41 Å². The molecule has 0 N–H and O–H groups in total. The monoisotopic (exact) mass is 776 g/mol. The van der Waals surface area contributed by atoms with Crippen LogP contribution >= 0.6 is 0 Å². The maximum absolute atomic E-state index is 2.45. The van der Waals surface area contributed by atoms with Crippen LogP contribution in [0, 0.1) is 0 Å². The fraction of sp³-hybridized carbons (Fsp3) is 0.0169. The summed E-state index contributed by atoms with van der Waals surface area (Å²) in [5, 5.41) is 2.48. The molecule has 1 atom stereocenters. The molecule has 0 radical (unpaired) electrons. The molecule has 2 aliphatic carbocycles. The number of para-hydroxylation sites is 3. The second-order valence-corrected chi connectivity index (χ2v) is 16.0. The second kappa shape index (κ2) is 14.1. The summed E-state index contributed by atoms with van der Waals surface area (Å²) in [5.74, 6) is 0. The molecule has 2 aliphatic rings. The first-order valence-electron chi connectivity index (χ1n) is 21.1. The van der Waals surface area contributed by atoms with Crippen LogP contribution in [0.3, 0.4) is 0 Å². The molecule has 0 fully saturated rings. The number of benzene rings is 10. The summed E-state index contributed by atoms with van der Waals surface area (Å²) in [6.07, 6.45) is 0. The van der Waals surface area contributed by atoms with E-state index in [0.29, 0.717) is 0 Å². The van der Waals surface area contributed by atoms with Gasteiger partial charge in [0.15, 0.2) is 0 Å². The van der Waals surface area contributed by atoms with Crippen LogP contribution in [-0.2, 0) is 5.41 Å². The van der Waals surface area contributed by atoms with Gasteiger partial charge >= 0.3 is 0 Å². The van der Waals surface area contributed by atoms with Gasteiger partial charge in [-0.05, 0) is 116 Å². The SMILES string of the molecule is c1ccc(-c2ccc(N(c3ccccc3)c3cccc4c3-c3ccccc3C43c4ccccc4-c4c(N(c5ccccc5)c5ccccc5)cc5ccccc5c43)cc2)cc1. The topological polar surface area (TPSA) is 6.48 Å². The predicted molar refractivity (Wildman–Crippen MR) is 255 cm³/mol. The molecular weight excluding hydrogens is 737 g/mol. The van der Waals surface area contributed by atoms with Crippen LogP contribution in [0.25, 0.3) is 44.2 Å². The molecule has 10 aromatic carbocycles. The fourth-order valence-corrected chi connectivity index (χ4v) is 10.4. The molecule has 0 saturated heterocycles. The minimum absolute atomic E-state index is 0.595. The van der Waals surface area contributed by atoms with Gasteiger partial charge in [0.2, 0.25) is 0 Å². The van der Waals surface area contributed by atoms with Crippen LogP contribution in [0.1, 0.15) is 22.3 Å². The van der Waals surface area contributed by atoms with E-state index in [-0.39, 0.29) is 0 Å². The Morgan fingerprint density at radius 2 is 0.738 bits per heavy atom. The molecule has 2 heteroatoms. The van der Waals surface area contributed by atoms with E-state index in [1.54, 1.807) is 0 Å². The van der Waals surface area contributed by atoms with Crippen LogP contribution in [0.5, 0.6) is 0 Å². The summed E-state index contributed by atoms with van der Waals surface area (Å²) in [4.78, 5) is 4.90. The first-order valence-corrected chi connectivity index (χ1v) is 21.1. The largest absolute Gasteiger partial charge is 0.310 e. The third-order valence-corrected chi connectivity index (χ3v) is 12.8. The van der Waals surface area contributed by atoms with Crippen LogP contribution in [0.2, 0.25) is 0 Å². The maximum Gasteiger partial charge on any atom is 0.0733 e. The van der Waals surface area contributed by atoms with Crippen molar-refractivity contribution < 1.29 is 0 Å². The molecule has 0 saturated carbocycles. The Hall–Kier alpha value is -7.94. The van der Waals surface area contributed by atoms with Gasteiger partial charge in [-0.2, -0.15) is 0 Å². The normalized spacial score (nSPS) is 14.3. The highest BCUT2D eigenvalue weighted by molar-refractivity contribution is 6.11. The molecule has 0 heterocycles. The van der Waals surface area contributed by atoms with E-state index >= 15 is 0 Å². The third-order valence-electron chi connectivity index (χ3n) is 12.8. The Kier molecular flexibility index (Phi) is 8.11. The zero-order valence-corrected chi connectivity index (χ0v) is 33.5. The van der Waals surface area contributed by atoms with Gasteiger partial charge in [-0.1, -0.05) is 182 Å². The molecular formula is C59H40N2. The molecule has 286 valence electrons. The van der Waals surface area contributed by atoms with E-state index in [0.717, 1.165) is 28.4 Å². The zero-order valence-electron chi connectivity index (χ0n) is 33.5. The summed E-state index contributed by atoms with van der Waals surface area (Å²) in [7, 11) is 0. The number of hydrogen-bond donors (Lipinski definition) is 0. The van der Waals surface area contributed by atoms with Gasteiger partial charge in [-0.15, -0.1) is 0 Å². The van der Waals surface area contributed by atoms with Gasteiger partial charge in [0.1, 0.15) is 0 Å². The molecule has 10 aromatic rings. The molecule has 12 rings (SSSR count). The fourth-order valence-electron chi connectivity index (χ4n) is 10.4. The predicted octanol–water partition coefficient (Wildman–Crippen LogP) is 15.8. The van der Waals surface area contributed by atoms with Crippen molar-refractivity contribution in [2.24, 2.45) is 0 Å². The van der Waals surface area contributed by atoms with E-state index in [4.69, 9.17) is 0 Å². The maximum atomic E-state index is 2.45. The Bertz CT molecular complexity index is 3190. The average molecular weight is 777 g/mol. The summed E-state index contributed by atoms with van der Waals surface area (Å²) < 4.78 is 0. The first-order chi connectivity index (χ1) is 30.3. The zero-order chi connectivity index (χ0) is 40.3. The Balaban J connectivity index is 1.17. The van der Waals surface area contributed by atoms with Crippen LogP contribution in [0.4, 0.5) is 34.1 Å². The standard InChI is InChI=1S/C59H40N2/c1-5-20-41(21-6-1)42-36-38-47(39-37-42)60(44-23-7-2-8-24-44)54-35-19-34-53-56(54)49-30-15-17-32-51(49)59(53)52-33-18-16-31-50(52)57-55(40-43-22-13-14-29-48(43)58(57)59)61(45-25-9-3-10-26-45)46-27-11-4-12-28-46/h1-40H. The molecule has 0 amide bonds. The van der Waals surface area contributed by atoms with Crippen molar-refractivity contribution in [3.63, 3.8) is 0 Å². The van der Waals surface area contributed by atoms with Crippen molar-refractivity contribution in [2.45, 2.75) is 5.41 Å². The summed E-state index contributed by atoms with van der Waals surface area (Å²) in [5.41, 5.74) is 18.9. The number of fused-ring (bicyclic) bond motifs is 12. The van der Waals surface area contributed by atoms with Gasteiger partial charge in [0, 0.05) is 33.9 Å². The minimum Gasteiger partial charge on any atom is -0.310 e. The van der Waals surface area contributed by atoms with Gasteiger partial charge in [-0.25, -0.2) is 0 Å². The van der Waals surface area contributed by atoms with Gasteiger partial charge in [0.05, 0.1) is 16.8 Å². The van der Waals surface area contributed by atoms with Crippen molar-refractivity contribution >= 4 is 44.9 Å². The number of nitrogens with zero attached hydrogens (tertiary/aromatic N) is 2. The van der Waals surface area contributed by atoms with Crippen LogP contribution < -0.4 is 9.80 Å². The van der Waals surface area contributed by atoms with Crippen molar-refractivity contribution in [3.8, 4) is 33.4 Å². The molecule has 1 unspecified atom stereocenters. The first kappa shape index (κ1) is 35.0. The third kappa shape index (κ3) is 5.29. The van der Waals surface area contributed by atoms with Crippen LogP contribution in [0.15, 0.2) is 243 Å². The molecule has 61 heavy (non-hydrogen) atoms. The van der Waals surface area contributed by atoms with Crippen molar-refractivity contribution in [1.29, 1.82) is 0 Å². The van der Waals surface area contributed by atoms with E-state index in [1.165, 1.54) is 72.1 Å². The Morgan fingerprint density at radius 1 is 0.295 bits per heavy atom. The van der Waals surface area contributed by atoms with Crippen molar-refractivity contribution in [2.75, 3.05) is 9.80 Å². The van der Waals surface area contributed by atoms with Gasteiger partial charge in [-0.3, -0.25) is 0 Å². The lowest BCUT2D eigenvalue weighted by molar-refractivity contribution is 0.801. The van der Waals surface area contributed by atoms with Gasteiger partial charge < -0.3 is 9.80 Å². The molecule has 2 nitrogen and oxygen atoms in total. The number of hydrogen-bond acceptors (Lipinski definition) is 2. The number of anilines is 6. The molecule has 0 bridgehead atoms. The molecule has 0 aromatic heterocycles. The lowest BCUT2D eigenvalue weighted by Gasteiger charge is -2.33. The molecule has 1 spiro atoms. The van der Waals surface area contributed by atoms with Gasteiger partial charge in [0.25, 0.3) is 0 Å². The van der Waals surface area contributed by atoms with Crippen molar-refractivity contribution in [1.82, 2.24) is 0 Å². The Morgan fingerprint density at radius 3 is 1.34 bits per heavy atom. The quantitative estimate of drug-likeness (QED) is 0.159. The minimum atomic E-state index is -0.595. The highest BCUT2D eigenvalue weighted by Gasteiger charge is 2.54. The smallest absolute Gasteiger partial charge is 0.0733 e. The lowest BCUT2D eigenvalue weighted by atomic mass is 9.69. The summed E-state index contributed by atoms with van der Waals surface area (Å²) in [6.45, 7) is 0. The van der Waals surface area contributed by atoms with Crippen LogP contribution in [-0.4, -0.2) is 0 Å². The lowest BCUT2D eigenvalue weighted by Crippen LogP contribution is -2.26. The molecule has 0 aliphatic heterocycles. The summed E-state index contributed by atoms with van der Waals surface area (Å²) >= 11 is 0. The number of rotatable bonds is 7. The highest BCUT2D eigenvalue weighted by atomic mass is 15.2. The van der Waals surface area contributed by atoms with E-state index in [9.17, 15) is 0 Å². The second-order valence-electron chi connectivity index (χ2n) is 16.0. The van der Waals surface area contributed by atoms with Crippen molar-refractivity contribution in [3.05, 3.63) is 265 Å². The summed E-state index contributed by atoms with van der Waals surface area (Å²) in [6, 6.07) is 89.0. The van der Waals surface area contributed by atoms with E-state index in [1.807, 2.05) is 0 Å². The highest BCUT2D eigenvalue weighted by Crippen LogP contribution is 2.67. The average Bonchev–Trinajstić information content (AvgIpc) is 3.82.